The van der Waals surface area contributed by atoms with Crippen LogP contribution in [0.4, 0.5) is 14.6 Å². The second kappa shape index (κ2) is 6.40. The fourth-order valence-electron chi connectivity index (χ4n) is 3.78. The summed E-state index contributed by atoms with van der Waals surface area (Å²) in [5, 5.41) is 8.90. The first-order valence-corrected chi connectivity index (χ1v) is 9.75. The predicted molar refractivity (Wildman–Crippen MR) is 111 cm³/mol. The first-order valence-electron chi connectivity index (χ1n) is 9.75. The van der Waals surface area contributed by atoms with Crippen LogP contribution in [-0.2, 0) is 16.1 Å². The van der Waals surface area contributed by atoms with Crippen LogP contribution in [-0.4, -0.2) is 37.5 Å². The van der Waals surface area contributed by atoms with Gasteiger partial charge < -0.3 is 11.1 Å². The summed E-state index contributed by atoms with van der Waals surface area (Å²) in [5.74, 6) is -2.45. The zero-order valence-electron chi connectivity index (χ0n) is 16.9. The zero-order valence-corrected chi connectivity index (χ0v) is 16.9. The number of alkyl halides is 2. The topological polar surface area (TPSA) is 111 Å². The molecule has 0 aliphatic heterocycles. The lowest BCUT2D eigenvalue weighted by Gasteiger charge is -2.13. The van der Waals surface area contributed by atoms with E-state index < -0.39 is 17.2 Å². The maximum Gasteiger partial charge on any atom is 0.272 e. The highest BCUT2D eigenvalue weighted by molar-refractivity contribution is 6.01. The first kappa shape index (κ1) is 19.3. The van der Waals surface area contributed by atoms with Gasteiger partial charge in [0.25, 0.3) is 5.92 Å². The number of carbonyl (C=O) groups is 1. The molecule has 4 aromatic rings. The van der Waals surface area contributed by atoms with Crippen LogP contribution in [0.2, 0.25) is 0 Å². The Kier molecular flexibility index (Phi) is 3.98. The molecule has 0 radical (unpaired) electrons. The molecule has 10 heteroatoms. The Hall–Kier alpha value is -3.69. The number of nitrogens with two attached hydrogens (primary N) is 1. The van der Waals surface area contributed by atoms with E-state index in [9.17, 15) is 13.6 Å². The highest BCUT2D eigenvalue weighted by atomic mass is 19.3. The highest BCUT2D eigenvalue weighted by Gasteiger charge is 2.51. The maximum atomic E-state index is 13.7. The number of pyridine rings is 3. The van der Waals surface area contributed by atoms with Gasteiger partial charge in [-0.3, -0.25) is 9.78 Å². The highest BCUT2D eigenvalue weighted by Crippen LogP contribution is 2.48. The molecule has 158 valence electrons. The smallest absolute Gasteiger partial charge is 0.272 e. The van der Waals surface area contributed by atoms with Gasteiger partial charge >= 0.3 is 0 Å². The SMILES string of the molecule is CNc1ncc(-c2nc3ccc(C(C)(F)F)cn3n2)c2cc(C3(C(N)=O)CC3)ncc12. The Labute approximate surface area is 175 Å². The van der Waals surface area contributed by atoms with Crippen molar-refractivity contribution in [1.82, 2.24) is 24.6 Å². The van der Waals surface area contributed by atoms with Gasteiger partial charge in [0, 0.05) is 54.5 Å². The van der Waals surface area contributed by atoms with Crippen molar-refractivity contribution in [3.8, 4) is 11.4 Å². The lowest BCUT2D eigenvalue weighted by atomic mass is 9.97. The van der Waals surface area contributed by atoms with Crippen LogP contribution < -0.4 is 11.1 Å². The molecule has 5 rings (SSSR count). The summed E-state index contributed by atoms with van der Waals surface area (Å²) in [7, 11) is 1.75. The molecule has 3 N–H and O–H groups in total. The molecule has 8 nitrogen and oxygen atoms in total. The second-order valence-electron chi connectivity index (χ2n) is 7.88. The average Bonchev–Trinajstić information content (AvgIpc) is 3.45. The van der Waals surface area contributed by atoms with E-state index >= 15 is 0 Å². The second-order valence-corrected chi connectivity index (χ2v) is 7.88. The Morgan fingerprint density at radius 2 is 2.00 bits per heavy atom. The molecule has 1 saturated carbocycles. The summed E-state index contributed by atoms with van der Waals surface area (Å²) in [4.78, 5) is 25.4. The molecule has 0 aromatic carbocycles. The molecule has 4 aromatic heterocycles. The van der Waals surface area contributed by atoms with E-state index in [-0.39, 0.29) is 5.56 Å². The fraction of sp³-hybridized carbons (Fsp3) is 0.286. The minimum Gasteiger partial charge on any atom is -0.373 e. The number of hydrogen-bond acceptors (Lipinski definition) is 6. The van der Waals surface area contributed by atoms with Gasteiger partial charge in [0.15, 0.2) is 11.5 Å². The summed E-state index contributed by atoms with van der Waals surface area (Å²) in [6, 6.07) is 4.66. The number of carbonyl (C=O) groups excluding carboxylic acids is 1. The Balaban J connectivity index is 1.71. The van der Waals surface area contributed by atoms with E-state index in [1.165, 1.54) is 22.8 Å². The van der Waals surface area contributed by atoms with Crippen molar-refractivity contribution >= 4 is 28.1 Å². The molecule has 0 saturated heterocycles. The maximum absolute atomic E-state index is 13.7. The standard InChI is InChI=1S/C21H19F2N7O/c1-20(22,23)11-3-4-16-28-18(29-30(16)10-11)14-9-27-17(25-2)13-8-26-15(7-12(13)14)21(5-6-21)19(24)31/h3-4,7-10H,5-6H2,1-2H3,(H2,24,31)(H,25,27). The molecule has 0 spiro atoms. The lowest BCUT2D eigenvalue weighted by molar-refractivity contribution is -0.120. The van der Waals surface area contributed by atoms with Gasteiger partial charge in [-0.2, -0.15) is 0 Å². The fourth-order valence-corrected chi connectivity index (χ4v) is 3.78. The van der Waals surface area contributed by atoms with E-state index in [0.717, 1.165) is 17.7 Å². The van der Waals surface area contributed by atoms with Crippen LogP contribution in [0.1, 0.15) is 31.0 Å². The van der Waals surface area contributed by atoms with Gasteiger partial charge in [-0.25, -0.2) is 23.3 Å². The third-order valence-electron chi connectivity index (χ3n) is 5.80. The number of hydrogen-bond donors (Lipinski definition) is 2. The largest absolute Gasteiger partial charge is 0.373 e. The van der Waals surface area contributed by atoms with Gasteiger partial charge in [0.2, 0.25) is 5.91 Å². The van der Waals surface area contributed by atoms with Crippen LogP contribution in [0.5, 0.6) is 0 Å². The van der Waals surface area contributed by atoms with E-state index in [1.54, 1.807) is 19.4 Å². The Bertz CT molecular complexity index is 1360. The van der Waals surface area contributed by atoms with Crippen molar-refractivity contribution in [3.05, 3.63) is 48.0 Å². The molecule has 0 unspecified atom stereocenters. The van der Waals surface area contributed by atoms with Gasteiger partial charge in [0.05, 0.1) is 11.1 Å². The van der Waals surface area contributed by atoms with E-state index in [0.29, 0.717) is 41.4 Å². The first-order chi connectivity index (χ1) is 14.7. The van der Waals surface area contributed by atoms with Gasteiger partial charge in [0.1, 0.15) is 5.82 Å². The summed E-state index contributed by atoms with van der Waals surface area (Å²) in [6.07, 6.45) is 5.84. The van der Waals surface area contributed by atoms with Crippen LogP contribution in [0, 0.1) is 0 Å². The monoisotopic (exact) mass is 423 g/mol. The predicted octanol–water partition coefficient (Wildman–Crippen LogP) is 3.01. The van der Waals surface area contributed by atoms with Crippen LogP contribution in [0.25, 0.3) is 27.8 Å². The Morgan fingerprint density at radius 3 is 2.65 bits per heavy atom. The van der Waals surface area contributed by atoms with E-state index in [1.807, 2.05) is 6.07 Å². The van der Waals surface area contributed by atoms with Crippen molar-refractivity contribution < 1.29 is 13.6 Å². The van der Waals surface area contributed by atoms with Crippen molar-refractivity contribution in [2.24, 2.45) is 5.73 Å². The van der Waals surface area contributed by atoms with Gasteiger partial charge in [-0.15, -0.1) is 5.10 Å². The molecule has 1 amide bonds. The summed E-state index contributed by atoms with van der Waals surface area (Å²) < 4.78 is 28.7. The number of aromatic nitrogens is 5. The number of halogens is 2. The average molecular weight is 423 g/mol. The molecular weight excluding hydrogens is 404 g/mol. The van der Waals surface area contributed by atoms with E-state index in [4.69, 9.17) is 5.73 Å². The van der Waals surface area contributed by atoms with Crippen molar-refractivity contribution in [1.29, 1.82) is 0 Å². The minimum absolute atomic E-state index is 0.159. The molecule has 0 bridgehead atoms. The number of nitrogens with one attached hydrogen (secondary N) is 1. The van der Waals surface area contributed by atoms with Crippen molar-refractivity contribution in [2.75, 3.05) is 12.4 Å². The third-order valence-corrected chi connectivity index (χ3v) is 5.80. The number of nitrogens with zero attached hydrogens (tertiary/aromatic N) is 5. The van der Waals surface area contributed by atoms with E-state index in [2.05, 4.69) is 25.4 Å². The van der Waals surface area contributed by atoms with Crippen molar-refractivity contribution in [3.63, 3.8) is 0 Å². The normalized spacial score (nSPS) is 15.4. The van der Waals surface area contributed by atoms with Crippen LogP contribution in [0.3, 0.4) is 0 Å². The molecule has 4 heterocycles. The number of rotatable bonds is 5. The number of fused-ring (bicyclic) bond motifs is 2. The van der Waals surface area contributed by atoms with Gasteiger partial charge in [-0.1, -0.05) is 0 Å². The van der Waals surface area contributed by atoms with Crippen LogP contribution in [0.15, 0.2) is 36.8 Å². The number of primary amides is 1. The Morgan fingerprint density at radius 1 is 1.23 bits per heavy atom. The summed E-state index contributed by atoms with van der Waals surface area (Å²) >= 11 is 0. The molecule has 1 aliphatic carbocycles. The molecule has 31 heavy (non-hydrogen) atoms. The van der Waals surface area contributed by atoms with Crippen LogP contribution >= 0.6 is 0 Å². The quantitative estimate of drug-likeness (QED) is 0.511. The van der Waals surface area contributed by atoms with Gasteiger partial charge in [-0.05, 0) is 31.0 Å². The number of amides is 1. The molecule has 1 fully saturated rings. The summed E-state index contributed by atoms with van der Waals surface area (Å²) in [5.41, 5.74) is 6.34. The lowest BCUT2D eigenvalue weighted by Crippen LogP contribution is -2.29. The summed E-state index contributed by atoms with van der Waals surface area (Å²) in [6.45, 7) is 0.834. The zero-order chi connectivity index (χ0) is 22.0. The molecule has 1 aliphatic rings. The minimum atomic E-state index is -2.99. The molecular formula is C21H19F2N7O. The number of anilines is 1. The van der Waals surface area contributed by atoms with Crippen molar-refractivity contribution in [2.45, 2.75) is 31.1 Å². The molecule has 0 atom stereocenters. The third kappa shape index (κ3) is 2.97.